The van der Waals surface area contributed by atoms with Crippen molar-refractivity contribution in [2.24, 2.45) is 5.11 Å². The summed E-state index contributed by atoms with van der Waals surface area (Å²) in [5.74, 6) is -9.35. The number of carbonyl (C=O) groups excluding carboxylic acids is 1. The van der Waals surface area contributed by atoms with Crippen LogP contribution in [0.15, 0.2) is 11.2 Å². The largest absolute Gasteiger partial charge is 0.476 e. The molecule has 1 aromatic carbocycles. The molecule has 0 fully saturated rings. The molecule has 0 heterocycles. The van der Waals surface area contributed by atoms with Crippen LogP contribution < -0.4 is 4.74 Å². The molecule has 108 valence electrons. The zero-order valence-electron chi connectivity index (χ0n) is 10.2. The van der Waals surface area contributed by atoms with Crippen molar-refractivity contribution in [3.05, 3.63) is 39.8 Å². The summed E-state index contributed by atoms with van der Waals surface area (Å²) in [7, 11) is 0. The van der Waals surface area contributed by atoms with Gasteiger partial charge in [-0.3, -0.25) is 4.79 Å². The first-order chi connectivity index (χ1) is 9.42. The normalized spacial score (nSPS) is 11.7. The molecule has 0 aliphatic rings. The Morgan fingerprint density at radius 2 is 1.90 bits per heavy atom. The number of halogens is 4. The fourth-order valence-electron chi connectivity index (χ4n) is 1.40. The average molecular weight is 291 g/mol. The highest BCUT2D eigenvalue weighted by molar-refractivity contribution is 5.81. The molecule has 1 atom stereocenters. The van der Waals surface area contributed by atoms with Gasteiger partial charge in [0.25, 0.3) is 5.91 Å². The van der Waals surface area contributed by atoms with Crippen LogP contribution in [0.3, 0.4) is 0 Å². The van der Waals surface area contributed by atoms with Crippen LogP contribution in [0.4, 0.5) is 17.6 Å². The lowest BCUT2D eigenvalue weighted by atomic mass is 10.2. The van der Waals surface area contributed by atoms with E-state index in [-0.39, 0.29) is 12.5 Å². The van der Waals surface area contributed by atoms with Gasteiger partial charge in [-0.15, -0.1) is 0 Å². The summed E-state index contributed by atoms with van der Waals surface area (Å²) < 4.78 is 57.3. The van der Waals surface area contributed by atoms with Gasteiger partial charge in [0.2, 0.25) is 11.6 Å². The van der Waals surface area contributed by atoms with Crippen molar-refractivity contribution in [3.8, 4) is 5.75 Å². The van der Waals surface area contributed by atoms with Gasteiger partial charge in [-0.1, -0.05) is 13.3 Å². The minimum Gasteiger partial charge on any atom is -0.476 e. The summed E-state index contributed by atoms with van der Waals surface area (Å²) in [5, 5.41) is 2.73. The quantitative estimate of drug-likeness (QED) is 0.273. The molecule has 9 heteroatoms. The Labute approximate surface area is 110 Å². The molecule has 0 N–H and O–H groups in total. The Bertz CT molecular complexity index is 547. The van der Waals surface area contributed by atoms with Crippen molar-refractivity contribution in [1.29, 1.82) is 0 Å². The van der Waals surface area contributed by atoms with Gasteiger partial charge in [0.1, 0.15) is 0 Å². The number of hydrogen-bond donors (Lipinski definition) is 0. The predicted molar refractivity (Wildman–Crippen MR) is 59.8 cm³/mol. The van der Waals surface area contributed by atoms with E-state index in [1.54, 1.807) is 6.92 Å². The van der Waals surface area contributed by atoms with E-state index in [1.807, 2.05) is 0 Å². The van der Waals surface area contributed by atoms with Crippen LogP contribution in [0, 0.1) is 23.3 Å². The second-order valence-corrected chi connectivity index (χ2v) is 3.72. The van der Waals surface area contributed by atoms with Crippen molar-refractivity contribution >= 4 is 5.91 Å². The Balaban J connectivity index is 3.17. The first kappa shape index (κ1) is 15.8. The predicted octanol–water partition coefficient (Wildman–Crippen LogP) is 3.63. The molecule has 1 amide bonds. The van der Waals surface area contributed by atoms with Gasteiger partial charge in [0, 0.05) is 11.0 Å². The molecule has 0 aliphatic carbocycles. The molecule has 0 radical (unpaired) electrons. The van der Waals surface area contributed by atoms with Gasteiger partial charge in [-0.2, -0.15) is 8.78 Å². The van der Waals surface area contributed by atoms with E-state index in [2.05, 4.69) is 14.8 Å². The highest BCUT2D eigenvalue weighted by atomic mass is 19.2. The highest BCUT2D eigenvalue weighted by Gasteiger charge is 2.26. The van der Waals surface area contributed by atoms with Crippen LogP contribution in [-0.2, 0) is 4.79 Å². The Morgan fingerprint density at radius 1 is 1.35 bits per heavy atom. The van der Waals surface area contributed by atoms with Crippen molar-refractivity contribution in [2.75, 3.05) is 0 Å². The summed E-state index contributed by atoms with van der Waals surface area (Å²) in [5.41, 5.74) is 8.13. The lowest BCUT2D eigenvalue weighted by Crippen LogP contribution is -2.26. The number of benzene rings is 1. The summed E-state index contributed by atoms with van der Waals surface area (Å²) in [6, 6.07) is 0.0155. The molecule has 1 aromatic rings. The number of rotatable bonds is 5. The molecule has 1 unspecified atom stereocenters. The smallest absolute Gasteiger partial charge is 0.259 e. The summed E-state index contributed by atoms with van der Waals surface area (Å²) >= 11 is 0. The maximum atomic E-state index is 13.4. The molecular weight excluding hydrogens is 282 g/mol. The first-order valence-corrected chi connectivity index (χ1v) is 5.50. The third-order valence-corrected chi connectivity index (χ3v) is 2.30. The number of carbonyl (C=O) groups is 1. The van der Waals surface area contributed by atoms with Crippen molar-refractivity contribution in [1.82, 2.24) is 0 Å². The third kappa shape index (κ3) is 3.39. The monoisotopic (exact) mass is 291 g/mol. The Kier molecular flexibility index (Phi) is 5.33. The van der Waals surface area contributed by atoms with E-state index >= 15 is 0 Å². The van der Waals surface area contributed by atoms with Gasteiger partial charge in [-0.05, 0) is 17.1 Å². The van der Waals surface area contributed by atoms with Crippen LogP contribution >= 0.6 is 0 Å². The van der Waals surface area contributed by atoms with E-state index in [1.165, 1.54) is 0 Å². The van der Waals surface area contributed by atoms with Crippen LogP contribution in [0.5, 0.6) is 5.75 Å². The summed E-state index contributed by atoms with van der Waals surface area (Å²) in [6.07, 6.45) is -1.23. The molecule has 0 spiro atoms. The van der Waals surface area contributed by atoms with Crippen LogP contribution in [0.1, 0.15) is 19.8 Å². The molecule has 20 heavy (non-hydrogen) atoms. The zero-order valence-corrected chi connectivity index (χ0v) is 10.2. The third-order valence-electron chi connectivity index (χ3n) is 2.30. The van der Waals surface area contributed by atoms with Crippen LogP contribution in [0.25, 0.3) is 10.4 Å². The zero-order chi connectivity index (χ0) is 15.3. The highest BCUT2D eigenvalue weighted by Crippen LogP contribution is 2.28. The fourth-order valence-corrected chi connectivity index (χ4v) is 1.40. The van der Waals surface area contributed by atoms with Gasteiger partial charge in [0.15, 0.2) is 23.5 Å². The molecule has 1 rings (SSSR count). The standard InChI is InChI=1S/C11H9F4N3O2/c1-2-3-7(11(19)17-18-16)20-10-8(14)5(12)4-6(13)9(10)15/h4,7H,2-3H2,1H3. The minimum absolute atomic E-state index is 0.0155. The molecule has 0 saturated heterocycles. The Hall–Kier alpha value is -2.28. The molecule has 0 aliphatic heterocycles. The lowest BCUT2D eigenvalue weighted by Gasteiger charge is -2.16. The number of hydrogen-bond acceptors (Lipinski definition) is 2. The van der Waals surface area contributed by atoms with Gasteiger partial charge >= 0.3 is 0 Å². The summed E-state index contributed by atoms with van der Waals surface area (Å²) in [4.78, 5) is 13.6. The number of ether oxygens (including phenoxy) is 1. The van der Waals surface area contributed by atoms with Gasteiger partial charge in [0.05, 0.1) is 0 Å². The molecule has 0 bridgehead atoms. The van der Waals surface area contributed by atoms with E-state index in [9.17, 15) is 22.4 Å². The van der Waals surface area contributed by atoms with Crippen molar-refractivity contribution in [2.45, 2.75) is 25.9 Å². The molecular formula is C11H9F4N3O2. The van der Waals surface area contributed by atoms with Gasteiger partial charge in [-0.25, -0.2) is 8.78 Å². The number of amides is 1. The van der Waals surface area contributed by atoms with Crippen molar-refractivity contribution in [3.63, 3.8) is 0 Å². The molecule has 0 aromatic heterocycles. The number of azide groups is 1. The first-order valence-electron chi connectivity index (χ1n) is 5.50. The topological polar surface area (TPSA) is 75.1 Å². The van der Waals surface area contributed by atoms with Crippen LogP contribution in [0.2, 0.25) is 0 Å². The maximum absolute atomic E-state index is 13.4. The van der Waals surface area contributed by atoms with Crippen molar-refractivity contribution < 1.29 is 27.1 Å². The molecule has 0 saturated carbocycles. The fraction of sp³-hybridized carbons (Fsp3) is 0.364. The molecule has 5 nitrogen and oxygen atoms in total. The minimum atomic E-state index is -1.77. The SMILES string of the molecule is CCCC(Oc1c(F)c(F)cc(F)c1F)C(=O)N=[N+]=[N-]. The maximum Gasteiger partial charge on any atom is 0.259 e. The van der Waals surface area contributed by atoms with E-state index in [0.717, 1.165) is 0 Å². The number of nitrogens with zero attached hydrogens (tertiary/aromatic N) is 3. The van der Waals surface area contributed by atoms with Crippen LogP contribution in [-0.4, -0.2) is 12.0 Å². The Morgan fingerprint density at radius 3 is 2.35 bits per heavy atom. The van der Waals surface area contributed by atoms with E-state index in [0.29, 0.717) is 6.42 Å². The second kappa shape index (κ2) is 6.76. The van der Waals surface area contributed by atoms with E-state index < -0.39 is 41.0 Å². The average Bonchev–Trinajstić information content (AvgIpc) is 2.40. The van der Waals surface area contributed by atoms with E-state index in [4.69, 9.17) is 5.53 Å². The summed E-state index contributed by atoms with van der Waals surface area (Å²) in [6.45, 7) is 1.62. The lowest BCUT2D eigenvalue weighted by molar-refractivity contribution is -0.125. The second-order valence-electron chi connectivity index (χ2n) is 3.72. The van der Waals surface area contributed by atoms with Gasteiger partial charge < -0.3 is 4.74 Å².